The van der Waals surface area contributed by atoms with Gasteiger partial charge in [0.05, 0.1) is 6.10 Å². The van der Waals surface area contributed by atoms with E-state index in [9.17, 15) is 4.79 Å². The third-order valence-electron chi connectivity index (χ3n) is 2.07. The standard InChI is InChI=1S/C7H16N4O2/c8-9-7(12)10-11-13-6-4-2-1-3-5-6/h6,11H,1-5,8H2,(H2,9,10,12). The molecule has 76 valence electrons. The van der Waals surface area contributed by atoms with E-state index < -0.39 is 6.03 Å². The van der Waals surface area contributed by atoms with Gasteiger partial charge in [-0.05, 0) is 12.8 Å². The summed E-state index contributed by atoms with van der Waals surface area (Å²) in [5, 5.41) is 0. The molecule has 0 unspecified atom stereocenters. The zero-order valence-corrected chi connectivity index (χ0v) is 7.51. The normalized spacial score (nSPS) is 18.2. The first-order valence-electron chi connectivity index (χ1n) is 4.50. The lowest BCUT2D eigenvalue weighted by Crippen LogP contribution is -2.48. The molecule has 0 heterocycles. The van der Waals surface area contributed by atoms with Crippen molar-refractivity contribution < 1.29 is 9.63 Å². The van der Waals surface area contributed by atoms with E-state index >= 15 is 0 Å². The lowest BCUT2D eigenvalue weighted by molar-refractivity contribution is -0.0567. The van der Waals surface area contributed by atoms with E-state index in [-0.39, 0.29) is 6.10 Å². The summed E-state index contributed by atoms with van der Waals surface area (Å²) in [6.45, 7) is 0. The summed E-state index contributed by atoms with van der Waals surface area (Å²) < 4.78 is 0. The highest BCUT2D eigenvalue weighted by molar-refractivity contribution is 5.72. The van der Waals surface area contributed by atoms with Gasteiger partial charge < -0.3 is 0 Å². The van der Waals surface area contributed by atoms with Crippen LogP contribution in [0.25, 0.3) is 0 Å². The second kappa shape index (κ2) is 5.74. The summed E-state index contributed by atoms with van der Waals surface area (Å²) in [7, 11) is 0. The molecule has 1 fully saturated rings. The number of urea groups is 1. The summed E-state index contributed by atoms with van der Waals surface area (Å²) in [6.07, 6.45) is 5.94. The molecule has 0 aromatic heterocycles. The Labute approximate surface area is 77.1 Å². The molecule has 0 aliphatic heterocycles. The van der Waals surface area contributed by atoms with E-state index in [1.807, 2.05) is 5.43 Å². The van der Waals surface area contributed by atoms with Crippen LogP contribution in [0.1, 0.15) is 32.1 Å². The largest absolute Gasteiger partial charge is 0.345 e. The monoisotopic (exact) mass is 188 g/mol. The van der Waals surface area contributed by atoms with Crippen molar-refractivity contribution in [3.63, 3.8) is 0 Å². The van der Waals surface area contributed by atoms with Crippen LogP contribution >= 0.6 is 0 Å². The van der Waals surface area contributed by atoms with Crippen molar-refractivity contribution in [2.45, 2.75) is 38.2 Å². The molecule has 0 aromatic rings. The summed E-state index contributed by atoms with van der Waals surface area (Å²) in [6, 6.07) is -0.518. The van der Waals surface area contributed by atoms with Gasteiger partial charge in [0.1, 0.15) is 0 Å². The minimum Gasteiger partial charge on any atom is -0.279 e. The molecular formula is C7H16N4O2. The number of nitrogens with one attached hydrogen (secondary N) is 3. The molecule has 0 radical (unpaired) electrons. The van der Waals surface area contributed by atoms with E-state index in [0.29, 0.717) is 0 Å². The maximum atomic E-state index is 10.6. The maximum Gasteiger partial charge on any atom is 0.345 e. The van der Waals surface area contributed by atoms with Crippen LogP contribution in [0.4, 0.5) is 4.79 Å². The fraction of sp³-hybridized carbons (Fsp3) is 0.857. The van der Waals surface area contributed by atoms with Crippen molar-refractivity contribution in [2.75, 3.05) is 0 Å². The molecule has 0 aromatic carbocycles. The van der Waals surface area contributed by atoms with Gasteiger partial charge in [-0.2, -0.15) is 0 Å². The predicted molar refractivity (Wildman–Crippen MR) is 46.9 cm³/mol. The minimum absolute atomic E-state index is 0.201. The molecule has 0 spiro atoms. The van der Waals surface area contributed by atoms with Crippen LogP contribution in [-0.2, 0) is 4.84 Å². The molecule has 1 aliphatic carbocycles. The molecule has 2 amide bonds. The van der Waals surface area contributed by atoms with Crippen molar-refractivity contribution in [1.29, 1.82) is 0 Å². The third kappa shape index (κ3) is 4.07. The van der Waals surface area contributed by atoms with Crippen molar-refractivity contribution in [2.24, 2.45) is 5.84 Å². The number of carbonyl (C=O) groups is 1. The summed E-state index contributed by atoms with van der Waals surface area (Å²) in [4.78, 5) is 15.7. The average molecular weight is 188 g/mol. The molecule has 13 heavy (non-hydrogen) atoms. The molecule has 1 rings (SSSR count). The highest BCUT2D eigenvalue weighted by atomic mass is 16.7. The number of nitrogens with two attached hydrogens (primary N) is 1. The van der Waals surface area contributed by atoms with Gasteiger partial charge in [-0.15, -0.1) is 5.59 Å². The van der Waals surface area contributed by atoms with Crippen molar-refractivity contribution in [3.8, 4) is 0 Å². The fourth-order valence-corrected chi connectivity index (χ4v) is 1.38. The van der Waals surface area contributed by atoms with Crippen LogP contribution in [0.3, 0.4) is 0 Å². The van der Waals surface area contributed by atoms with Crippen molar-refractivity contribution >= 4 is 6.03 Å². The van der Waals surface area contributed by atoms with Gasteiger partial charge in [0.2, 0.25) is 0 Å². The van der Waals surface area contributed by atoms with Crippen molar-refractivity contribution in [3.05, 3.63) is 0 Å². The predicted octanol–water partition coefficient (Wildman–Crippen LogP) is -0.0718. The van der Waals surface area contributed by atoms with Crippen LogP contribution in [0.5, 0.6) is 0 Å². The number of rotatable bonds is 3. The van der Waals surface area contributed by atoms with Crippen LogP contribution in [-0.4, -0.2) is 12.1 Å². The summed E-state index contributed by atoms with van der Waals surface area (Å²) in [5.74, 6) is 4.83. The Hall–Kier alpha value is -0.850. The van der Waals surface area contributed by atoms with E-state index in [1.165, 1.54) is 19.3 Å². The molecule has 0 bridgehead atoms. The first-order chi connectivity index (χ1) is 6.33. The molecule has 0 saturated heterocycles. The first-order valence-corrected chi connectivity index (χ1v) is 4.50. The van der Waals surface area contributed by atoms with Gasteiger partial charge in [0.15, 0.2) is 0 Å². The number of hydrogen-bond donors (Lipinski definition) is 4. The summed E-state index contributed by atoms with van der Waals surface area (Å²) in [5.41, 5.74) is 6.51. The third-order valence-corrected chi connectivity index (χ3v) is 2.07. The van der Waals surface area contributed by atoms with Gasteiger partial charge in [0, 0.05) is 0 Å². The molecule has 6 nitrogen and oxygen atoms in total. The van der Waals surface area contributed by atoms with Crippen LogP contribution in [0.15, 0.2) is 0 Å². The highest BCUT2D eigenvalue weighted by Gasteiger charge is 2.13. The van der Waals surface area contributed by atoms with E-state index in [0.717, 1.165) is 12.8 Å². The Kier molecular flexibility index (Phi) is 4.52. The highest BCUT2D eigenvalue weighted by Crippen LogP contribution is 2.18. The topological polar surface area (TPSA) is 88.4 Å². The van der Waals surface area contributed by atoms with Gasteiger partial charge in [-0.3, -0.25) is 10.3 Å². The van der Waals surface area contributed by atoms with E-state index in [2.05, 4.69) is 11.0 Å². The SMILES string of the molecule is NNC(=O)NNOC1CCCCC1. The molecule has 0 atom stereocenters. The van der Waals surface area contributed by atoms with Crippen LogP contribution < -0.4 is 22.3 Å². The maximum absolute atomic E-state index is 10.6. The van der Waals surface area contributed by atoms with Gasteiger partial charge in [0.25, 0.3) is 0 Å². The van der Waals surface area contributed by atoms with Gasteiger partial charge in [-0.25, -0.2) is 16.1 Å². The Bertz CT molecular complexity index is 159. The van der Waals surface area contributed by atoms with Gasteiger partial charge >= 0.3 is 6.03 Å². The second-order valence-electron chi connectivity index (χ2n) is 3.08. The van der Waals surface area contributed by atoms with Gasteiger partial charge in [-0.1, -0.05) is 19.3 Å². The Morgan fingerprint density at radius 1 is 1.31 bits per heavy atom. The van der Waals surface area contributed by atoms with E-state index in [4.69, 9.17) is 10.7 Å². The smallest absolute Gasteiger partial charge is 0.279 e. The molecule has 1 saturated carbocycles. The Morgan fingerprint density at radius 3 is 2.62 bits per heavy atom. The number of carbonyl (C=O) groups excluding carboxylic acids is 1. The Morgan fingerprint density at radius 2 is 2.00 bits per heavy atom. The second-order valence-corrected chi connectivity index (χ2v) is 3.08. The number of hydrogen-bond acceptors (Lipinski definition) is 4. The lowest BCUT2D eigenvalue weighted by atomic mass is 9.98. The quantitative estimate of drug-likeness (QED) is 0.283. The number of amides is 2. The molecule has 6 heteroatoms. The lowest BCUT2D eigenvalue weighted by Gasteiger charge is -2.21. The zero-order chi connectivity index (χ0) is 9.52. The molecular weight excluding hydrogens is 172 g/mol. The minimum atomic E-state index is -0.518. The van der Waals surface area contributed by atoms with Crippen molar-refractivity contribution in [1.82, 2.24) is 16.4 Å². The van der Waals surface area contributed by atoms with E-state index in [1.54, 1.807) is 0 Å². The fourth-order valence-electron chi connectivity index (χ4n) is 1.38. The zero-order valence-electron chi connectivity index (χ0n) is 7.51. The molecule has 5 N–H and O–H groups in total. The Balaban J connectivity index is 2.01. The number of hydrazine groups is 2. The van der Waals surface area contributed by atoms with Crippen LogP contribution in [0.2, 0.25) is 0 Å². The first kappa shape index (κ1) is 10.2. The van der Waals surface area contributed by atoms with Crippen LogP contribution in [0, 0.1) is 0 Å². The summed E-state index contributed by atoms with van der Waals surface area (Å²) >= 11 is 0. The average Bonchev–Trinajstić information content (AvgIpc) is 2.19. The molecule has 1 aliphatic rings.